The van der Waals surface area contributed by atoms with E-state index in [-0.39, 0.29) is 11.4 Å². The molecule has 3 nitrogen and oxygen atoms in total. The predicted octanol–water partition coefficient (Wildman–Crippen LogP) is 3.54. The van der Waals surface area contributed by atoms with Crippen molar-refractivity contribution in [1.29, 1.82) is 0 Å². The van der Waals surface area contributed by atoms with Crippen LogP contribution in [0.25, 0.3) is 0 Å². The largest absolute Gasteiger partial charge is 0.330 e. The molecule has 0 atom stereocenters. The normalized spacial score (nSPS) is 22.5. The van der Waals surface area contributed by atoms with Crippen LogP contribution in [0.1, 0.15) is 42.5 Å². The molecule has 2 aliphatic rings. The molecule has 0 N–H and O–H groups in total. The van der Waals surface area contributed by atoms with E-state index >= 15 is 0 Å². The Labute approximate surface area is 135 Å². The SMILES string of the molecule is CN1CCN(C(=O)c2cccc(Br)c2)C2(CCCCC2)C1. The number of hydrogen-bond donors (Lipinski definition) is 0. The maximum absolute atomic E-state index is 13.0. The zero-order valence-electron chi connectivity index (χ0n) is 12.6. The number of nitrogens with zero attached hydrogens (tertiary/aromatic N) is 2. The van der Waals surface area contributed by atoms with E-state index < -0.39 is 0 Å². The van der Waals surface area contributed by atoms with Crippen LogP contribution in [0.15, 0.2) is 28.7 Å². The van der Waals surface area contributed by atoms with Crippen molar-refractivity contribution >= 4 is 21.8 Å². The first-order chi connectivity index (χ1) is 10.1. The summed E-state index contributed by atoms with van der Waals surface area (Å²) in [5, 5.41) is 0. The summed E-state index contributed by atoms with van der Waals surface area (Å²) < 4.78 is 0.972. The summed E-state index contributed by atoms with van der Waals surface area (Å²) in [6, 6.07) is 7.79. The summed E-state index contributed by atoms with van der Waals surface area (Å²) in [5.74, 6) is 0.200. The van der Waals surface area contributed by atoms with Crippen molar-refractivity contribution in [3.8, 4) is 0 Å². The Morgan fingerprint density at radius 3 is 2.67 bits per heavy atom. The van der Waals surface area contributed by atoms with Gasteiger partial charge in [-0.25, -0.2) is 0 Å². The highest BCUT2D eigenvalue weighted by Gasteiger charge is 2.43. The van der Waals surface area contributed by atoms with Crippen molar-refractivity contribution in [2.75, 3.05) is 26.7 Å². The molecule has 4 heteroatoms. The highest BCUT2D eigenvalue weighted by molar-refractivity contribution is 9.10. The van der Waals surface area contributed by atoms with Crippen LogP contribution in [-0.2, 0) is 0 Å². The van der Waals surface area contributed by atoms with Gasteiger partial charge in [0, 0.05) is 29.7 Å². The van der Waals surface area contributed by atoms with Gasteiger partial charge in [0.1, 0.15) is 0 Å². The van der Waals surface area contributed by atoms with Gasteiger partial charge in [-0.1, -0.05) is 41.3 Å². The average Bonchev–Trinajstić information content (AvgIpc) is 2.47. The lowest BCUT2D eigenvalue weighted by Crippen LogP contribution is -2.63. The van der Waals surface area contributed by atoms with Gasteiger partial charge in [0.2, 0.25) is 0 Å². The molecule has 1 heterocycles. The number of carbonyl (C=O) groups is 1. The molecule has 1 spiro atoms. The summed E-state index contributed by atoms with van der Waals surface area (Å²) >= 11 is 3.47. The van der Waals surface area contributed by atoms with Crippen LogP contribution in [-0.4, -0.2) is 47.9 Å². The topological polar surface area (TPSA) is 23.6 Å². The molecular weight excluding hydrogens is 328 g/mol. The standard InChI is InChI=1S/C17H23BrN2O/c1-19-10-11-20(17(13-19)8-3-2-4-9-17)16(21)14-6-5-7-15(18)12-14/h5-7,12H,2-4,8-11,13H2,1H3. The van der Waals surface area contributed by atoms with E-state index in [1.165, 1.54) is 19.3 Å². The highest BCUT2D eigenvalue weighted by Crippen LogP contribution is 2.37. The Kier molecular flexibility index (Phi) is 4.36. The number of carbonyl (C=O) groups excluding carboxylic acids is 1. The summed E-state index contributed by atoms with van der Waals surface area (Å²) in [6.45, 7) is 2.84. The van der Waals surface area contributed by atoms with Crippen LogP contribution >= 0.6 is 15.9 Å². The maximum Gasteiger partial charge on any atom is 0.254 e. The second-order valence-electron chi connectivity index (χ2n) is 6.49. The molecule has 21 heavy (non-hydrogen) atoms. The molecule has 3 rings (SSSR count). The van der Waals surface area contributed by atoms with Crippen molar-refractivity contribution in [3.63, 3.8) is 0 Å². The molecule has 1 aliphatic heterocycles. The third-order valence-electron chi connectivity index (χ3n) is 4.94. The van der Waals surface area contributed by atoms with Gasteiger partial charge >= 0.3 is 0 Å². The summed E-state index contributed by atoms with van der Waals surface area (Å²) in [7, 11) is 2.18. The van der Waals surface area contributed by atoms with Crippen LogP contribution in [0.4, 0.5) is 0 Å². The summed E-state index contributed by atoms with van der Waals surface area (Å²) in [6.07, 6.45) is 6.10. The molecule has 0 unspecified atom stereocenters. The maximum atomic E-state index is 13.0. The minimum Gasteiger partial charge on any atom is -0.330 e. The summed E-state index contributed by atoms with van der Waals surface area (Å²) in [4.78, 5) is 17.6. The number of halogens is 1. The molecule has 0 aromatic heterocycles. The fourth-order valence-electron chi connectivity index (χ4n) is 3.91. The lowest BCUT2D eigenvalue weighted by molar-refractivity contribution is -0.00778. The Hall–Kier alpha value is -0.870. The van der Waals surface area contributed by atoms with Gasteiger partial charge in [-0.3, -0.25) is 4.79 Å². The molecule has 2 fully saturated rings. The molecule has 1 aromatic carbocycles. The van der Waals surface area contributed by atoms with Gasteiger partial charge in [0.25, 0.3) is 5.91 Å². The molecule has 0 bridgehead atoms. The van der Waals surface area contributed by atoms with Gasteiger partial charge in [0.15, 0.2) is 0 Å². The van der Waals surface area contributed by atoms with Crippen LogP contribution in [0, 0.1) is 0 Å². The molecule has 1 aromatic rings. The first-order valence-corrected chi connectivity index (χ1v) is 8.66. The van der Waals surface area contributed by atoms with E-state index in [2.05, 4.69) is 32.8 Å². The van der Waals surface area contributed by atoms with Crippen molar-refractivity contribution < 1.29 is 4.79 Å². The highest BCUT2D eigenvalue weighted by atomic mass is 79.9. The quantitative estimate of drug-likeness (QED) is 0.773. The fraction of sp³-hybridized carbons (Fsp3) is 0.588. The lowest BCUT2D eigenvalue weighted by Gasteiger charge is -2.52. The van der Waals surface area contributed by atoms with Crippen LogP contribution < -0.4 is 0 Å². The molecule has 1 aliphatic carbocycles. The number of piperazine rings is 1. The van der Waals surface area contributed by atoms with E-state index in [9.17, 15) is 4.79 Å². The lowest BCUT2D eigenvalue weighted by atomic mass is 9.78. The van der Waals surface area contributed by atoms with Gasteiger partial charge in [-0.2, -0.15) is 0 Å². The third kappa shape index (κ3) is 3.02. The number of rotatable bonds is 1. The molecule has 0 radical (unpaired) electrons. The molecule has 1 amide bonds. The smallest absolute Gasteiger partial charge is 0.254 e. The van der Waals surface area contributed by atoms with E-state index in [0.29, 0.717) is 0 Å². The van der Waals surface area contributed by atoms with Gasteiger partial charge in [0.05, 0.1) is 5.54 Å². The third-order valence-corrected chi connectivity index (χ3v) is 5.44. The van der Waals surface area contributed by atoms with Crippen LogP contribution in [0.2, 0.25) is 0 Å². The van der Waals surface area contributed by atoms with Gasteiger partial charge < -0.3 is 9.80 Å². The zero-order valence-corrected chi connectivity index (χ0v) is 14.2. The second kappa shape index (κ2) is 6.09. The van der Waals surface area contributed by atoms with E-state index in [1.807, 2.05) is 24.3 Å². The Morgan fingerprint density at radius 1 is 1.19 bits per heavy atom. The minimum absolute atomic E-state index is 0.0602. The minimum atomic E-state index is 0.0602. The first-order valence-electron chi connectivity index (χ1n) is 7.87. The Morgan fingerprint density at radius 2 is 1.95 bits per heavy atom. The molecular formula is C17H23BrN2O. The van der Waals surface area contributed by atoms with E-state index in [0.717, 1.165) is 42.5 Å². The predicted molar refractivity (Wildman–Crippen MR) is 88.5 cm³/mol. The van der Waals surface area contributed by atoms with Crippen molar-refractivity contribution in [2.24, 2.45) is 0 Å². The number of likely N-dealkylation sites (N-methyl/N-ethyl adjacent to an activating group) is 1. The zero-order chi connectivity index (χ0) is 14.9. The van der Waals surface area contributed by atoms with E-state index in [1.54, 1.807) is 0 Å². The number of amides is 1. The fourth-order valence-corrected chi connectivity index (χ4v) is 4.31. The molecule has 1 saturated heterocycles. The first kappa shape index (κ1) is 15.0. The van der Waals surface area contributed by atoms with E-state index in [4.69, 9.17) is 0 Å². The molecule has 114 valence electrons. The van der Waals surface area contributed by atoms with Gasteiger partial charge in [-0.05, 0) is 38.1 Å². The van der Waals surface area contributed by atoms with Crippen molar-refractivity contribution in [1.82, 2.24) is 9.80 Å². The number of hydrogen-bond acceptors (Lipinski definition) is 2. The monoisotopic (exact) mass is 350 g/mol. The second-order valence-corrected chi connectivity index (χ2v) is 7.41. The van der Waals surface area contributed by atoms with Crippen molar-refractivity contribution in [2.45, 2.75) is 37.6 Å². The Bertz CT molecular complexity index is 525. The van der Waals surface area contributed by atoms with Crippen LogP contribution in [0.3, 0.4) is 0 Å². The summed E-state index contributed by atoms with van der Waals surface area (Å²) in [5.41, 5.74) is 0.865. The van der Waals surface area contributed by atoms with Crippen molar-refractivity contribution in [3.05, 3.63) is 34.3 Å². The van der Waals surface area contributed by atoms with Gasteiger partial charge in [-0.15, -0.1) is 0 Å². The number of benzene rings is 1. The average molecular weight is 351 g/mol. The Balaban J connectivity index is 1.89. The molecule has 1 saturated carbocycles. The van der Waals surface area contributed by atoms with Crippen LogP contribution in [0.5, 0.6) is 0 Å².